The molecule has 0 spiro atoms. The molecule has 4 rings (SSSR count). The maximum atomic E-state index is 12.6. The van der Waals surface area contributed by atoms with Crippen LogP contribution in [0.5, 0.6) is 5.75 Å². The van der Waals surface area contributed by atoms with Gasteiger partial charge in [-0.15, -0.1) is 23.4 Å². The van der Waals surface area contributed by atoms with Crippen LogP contribution in [0.4, 0.5) is 18.9 Å². The molecular weight excluding hydrogens is 521 g/mol. The van der Waals surface area contributed by atoms with Crippen molar-refractivity contribution in [3.05, 3.63) is 53.2 Å². The quantitative estimate of drug-likeness (QED) is 0.175. The minimum Gasteiger partial charge on any atom is -0.406 e. The van der Waals surface area contributed by atoms with E-state index in [0.717, 1.165) is 40.0 Å². The van der Waals surface area contributed by atoms with Gasteiger partial charge >= 0.3 is 6.36 Å². The Bertz CT molecular complexity index is 1280. The van der Waals surface area contributed by atoms with Crippen LogP contribution < -0.4 is 15.4 Å². The molecule has 0 aliphatic heterocycles. The van der Waals surface area contributed by atoms with Crippen LogP contribution in [-0.2, 0) is 22.6 Å². The zero-order valence-corrected chi connectivity index (χ0v) is 21.6. The number of hydrogen-bond acceptors (Lipinski definition) is 9. The topological polar surface area (TPSA) is 106 Å². The van der Waals surface area contributed by atoms with Crippen molar-refractivity contribution in [2.24, 2.45) is 0 Å². The largest absolute Gasteiger partial charge is 0.573 e. The normalized spacial score (nSPS) is 11.8. The molecule has 2 heterocycles. The molecule has 13 heteroatoms. The van der Waals surface area contributed by atoms with E-state index in [0.29, 0.717) is 44.0 Å². The zero-order chi connectivity index (χ0) is 26.8. The minimum atomic E-state index is -4.74. The van der Waals surface area contributed by atoms with Gasteiger partial charge < -0.3 is 24.8 Å². The fourth-order valence-electron chi connectivity index (χ4n) is 3.94. The van der Waals surface area contributed by atoms with Crippen LogP contribution in [0.3, 0.4) is 0 Å². The van der Waals surface area contributed by atoms with Crippen molar-refractivity contribution < 1.29 is 27.4 Å². The average molecular weight is 551 g/mol. The lowest BCUT2D eigenvalue weighted by atomic mass is 10.1. The maximum absolute atomic E-state index is 12.6. The predicted octanol–water partition coefficient (Wildman–Crippen LogP) is 5.12. The summed E-state index contributed by atoms with van der Waals surface area (Å²) in [7, 11) is 1.49. The highest BCUT2D eigenvalue weighted by atomic mass is 32.1. The van der Waals surface area contributed by atoms with Crippen molar-refractivity contribution in [3.8, 4) is 16.3 Å². The third-order valence-electron chi connectivity index (χ3n) is 5.52. The summed E-state index contributed by atoms with van der Waals surface area (Å²) in [4.78, 5) is 0. The van der Waals surface area contributed by atoms with Crippen LogP contribution in [0.2, 0.25) is 0 Å². The molecule has 0 unspecified atom stereocenters. The summed E-state index contributed by atoms with van der Waals surface area (Å²) < 4.78 is 52.7. The number of methoxy groups -OCH3 is 1. The highest BCUT2D eigenvalue weighted by molar-refractivity contribution is 7.12. The third kappa shape index (κ3) is 8.38. The Kier molecular flexibility index (Phi) is 9.87. The van der Waals surface area contributed by atoms with Crippen molar-refractivity contribution in [1.82, 2.24) is 25.7 Å². The van der Waals surface area contributed by atoms with Gasteiger partial charge in [-0.1, -0.05) is 17.4 Å². The first kappa shape index (κ1) is 27.8. The number of hydrogen-bond donors (Lipinski definition) is 3. The van der Waals surface area contributed by atoms with E-state index in [2.05, 4.69) is 35.8 Å². The molecule has 0 saturated heterocycles. The van der Waals surface area contributed by atoms with Gasteiger partial charge in [-0.05, 0) is 54.8 Å². The Balaban J connectivity index is 1.13. The van der Waals surface area contributed by atoms with Gasteiger partial charge in [0.2, 0.25) is 0 Å². The fourth-order valence-corrected chi connectivity index (χ4v) is 4.48. The van der Waals surface area contributed by atoms with Crippen molar-refractivity contribution in [2.45, 2.75) is 32.4 Å². The molecule has 38 heavy (non-hydrogen) atoms. The number of nitrogens with zero attached hydrogens (tertiary/aromatic N) is 3. The Morgan fingerprint density at radius 3 is 2.68 bits per heavy atom. The second-order valence-electron chi connectivity index (χ2n) is 8.49. The van der Waals surface area contributed by atoms with Gasteiger partial charge in [0.15, 0.2) is 0 Å². The summed E-state index contributed by atoms with van der Waals surface area (Å²) >= 11 is 1.48. The van der Waals surface area contributed by atoms with E-state index in [9.17, 15) is 13.2 Å². The van der Waals surface area contributed by atoms with E-state index in [1.54, 1.807) is 17.8 Å². The molecule has 9 nitrogen and oxygen atoms in total. The lowest BCUT2D eigenvalue weighted by Gasteiger charge is -2.13. The molecule has 3 N–H and O–H groups in total. The second kappa shape index (κ2) is 13.5. The van der Waals surface area contributed by atoms with Crippen molar-refractivity contribution in [3.63, 3.8) is 0 Å². The number of halogens is 3. The molecule has 2 aromatic carbocycles. The SMILES string of the molecule is COCc1cc(CNCCCCOCCNc2cc(-c3nncs3)cc3[nH]ncc23)cc(OC(F)(F)F)c1. The zero-order valence-electron chi connectivity index (χ0n) is 20.8. The molecule has 204 valence electrons. The van der Waals surface area contributed by atoms with Gasteiger partial charge in [0.05, 0.1) is 24.9 Å². The van der Waals surface area contributed by atoms with E-state index in [-0.39, 0.29) is 12.4 Å². The van der Waals surface area contributed by atoms with Crippen LogP contribution in [0.25, 0.3) is 21.5 Å². The number of unbranched alkanes of at least 4 members (excludes halogenated alkanes) is 1. The molecule has 2 aromatic heterocycles. The first-order chi connectivity index (χ1) is 18.4. The lowest BCUT2D eigenvalue weighted by molar-refractivity contribution is -0.274. The summed E-state index contributed by atoms with van der Waals surface area (Å²) in [5.41, 5.74) is 5.86. The van der Waals surface area contributed by atoms with Crippen LogP contribution >= 0.6 is 11.3 Å². The Morgan fingerprint density at radius 1 is 1.03 bits per heavy atom. The van der Waals surface area contributed by atoms with Gasteiger partial charge in [0, 0.05) is 43.4 Å². The van der Waals surface area contributed by atoms with Gasteiger partial charge in [0.1, 0.15) is 16.3 Å². The van der Waals surface area contributed by atoms with Gasteiger partial charge in [0.25, 0.3) is 0 Å². The first-order valence-corrected chi connectivity index (χ1v) is 12.9. The Hall–Kier alpha value is -3.26. The summed E-state index contributed by atoms with van der Waals surface area (Å²) in [6.45, 7) is 3.14. The second-order valence-corrected chi connectivity index (χ2v) is 9.32. The monoisotopic (exact) mass is 550 g/mol. The highest BCUT2D eigenvalue weighted by Gasteiger charge is 2.31. The molecule has 0 bridgehead atoms. The number of anilines is 1. The third-order valence-corrected chi connectivity index (χ3v) is 6.26. The standard InChI is InChI=1S/C25H29F3N6O3S/c1-35-15-18-8-17(9-20(10-18)37-25(26,27)28)13-29-4-2-3-6-36-7-5-30-22-11-19(24-34-32-16-38-24)12-23-21(22)14-31-33-23/h8-12,14,16,29-30H,2-7,13,15H2,1H3,(H,31,33). The number of aromatic amines is 1. The molecular formula is C25H29F3N6O3S. The minimum absolute atomic E-state index is 0.204. The number of benzene rings is 2. The van der Waals surface area contributed by atoms with Crippen LogP contribution in [0.1, 0.15) is 24.0 Å². The Labute approximate surface area is 221 Å². The molecule has 4 aromatic rings. The van der Waals surface area contributed by atoms with E-state index >= 15 is 0 Å². The molecule has 0 atom stereocenters. The summed E-state index contributed by atoms with van der Waals surface area (Å²) in [6, 6.07) is 8.56. The molecule has 0 saturated carbocycles. The Morgan fingerprint density at radius 2 is 1.89 bits per heavy atom. The summed E-state index contributed by atoms with van der Waals surface area (Å²) in [6.07, 6.45) is -1.22. The van der Waals surface area contributed by atoms with Crippen LogP contribution in [0.15, 0.2) is 42.0 Å². The van der Waals surface area contributed by atoms with Gasteiger partial charge in [-0.3, -0.25) is 5.10 Å². The van der Waals surface area contributed by atoms with Crippen LogP contribution in [-0.4, -0.2) is 60.2 Å². The lowest BCUT2D eigenvalue weighted by Crippen LogP contribution is -2.18. The molecule has 0 fully saturated rings. The predicted molar refractivity (Wildman–Crippen MR) is 139 cm³/mol. The number of rotatable bonds is 15. The molecule has 0 amide bonds. The number of fused-ring (bicyclic) bond motifs is 1. The molecule has 0 aliphatic rings. The first-order valence-electron chi connectivity index (χ1n) is 12.0. The number of nitrogens with one attached hydrogen (secondary N) is 3. The average Bonchev–Trinajstić information content (AvgIpc) is 3.56. The van der Waals surface area contributed by atoms with Gasteiger partial charge in [-0.2, -0.15) is 5.10 Å². The number of ether oxygens (including phenoxy) is 3. The van der Waals surface area contributed by atoms with E-state index in [1.807, 2.05) is 12.1 Å². The smallest absolute Gasteiger partial charge is 0.406 e. The van der Waals surface area contributed by atoms with Crippen molar-refractivity contribution >= 4 is 27.9 Å². The summed E-state index contributed by atoms with van der Waals surface area (Å²) in [5.74, 6) is -0.244. The fraction of sp³-hybridized carbons (Fsp3) is 0.400. The number of aromatic nitrogens is 4. The molecule has 0 radical (unpaired) electrons. The molecule has 0 aliphatic carbocycles. The van der Waals surface area contributed by atoms with Crippen LogP contribution in [0, 0.1) is 0 Å². The highest BCUT2D eigenvalue weighted by Crippen LogP contribution is 2.30. The van der Waals surface area contributed by atoms with Gasteiger partial charge in [-0.25, -0.2) is 0 Å². The maximum Gasteiger partial charge on any atom is 0.573 e. The van der Waals surface area contributed by atoms with E-state index < -0.39 is 6.36 Å². The van der Waals surface area contributed by atoms with Crippen molar-refractivity contribution in [1.29, 1.82) is 0 Å². The number of alkyl halides is 3. The number of H-pyrrole nitrogens is 1. The van der Waals surface area contributed by atoms with E-state index in [1.165, 1.54) is 30.6 Å². The van der Waals surface area contributed by atoms with E-state index in [4.69, 9.17) is 9.47 Å². The van der Waals surface area contributed by atoms with Crippen molar-refractivity contribution in [2.75, 3.05) is 38.7 Å². The summed E-state index contributed by atoms with van der Waals surface area (Å²) in [5, 5.41) is 23.7.